The maximum atomic E-state index is 12.7. The van der Waals surface area contributed by atoms with Crippen LogP contribution < -0.4 is 20.3 Å². The van der Waals surface area contributed by atoms with Crippen molar-refractivity contribution >= 4 is 10.8 Å². The summed E-state index contributed by atoms with van der Waals surface area (Å²) >= 11 is 0. The van der Waals surface area contributed by atoms with Gasteiger partial charge in [-0.1, -0.05) is 6.42 Å². The van der Waals surface area contributed by atoms with Gasteiger partial charge in [-0.3, -0.25) is 4.79 Å². The van der Waals surface area contributed by atoms with E-state index < -0.39 is 0 Å². The van der Waals surface area contributed by atoms with Gasteiger partial charge in [-0.15, -0.1) is 0 Å². The first kappa shape index (κ1) is 15.9. The largest absolute Gasteiger partial charge is 0.493 e. The van der Waals surface area contributed by atoms with Gasteiger partial charge in [-0.05, 0) is 49.4 Å². The van der Waals surface area contributed by atoms with Gasteiger partial charge >= 0.3 is 0 Å². The van der Waals surface area contributed by atoms with Gasteiger partial charge in [0.15, 0.2) is 11.5 Å². The number of hydrogen-bond donors (Lipinski definition) is 1. The van der Waals surface area contributed by atoms with Crippen LogP contribution in [0.4, 0.5) is 0 Å². The number of nitrogens with zero attached hydrogens (tertiary/aromatic N) is 1. The van der Waals surface area contributed by atoms with E-state index in [-0.39, 0.29) is 5.56 Å². The van der Waals surface area contributed by atoms with Crippen LogP contribution in [-0.4, -0.2) is 31.4 Å². The third kappa shape index (κ3) is 3.34. The predicted octanol–water partition coefficient (Wildman–Crippen LogP) is 2.55. The van der Waals surface area contributed by atoms with E-state index in [1.807, 2.05) is 18.3 Å². The summed E-state index contributed by atoms with van der Waals surface area (Å²) in [7, 11) is 3.18. The molecule has 1 atom stereocenters. The van der Waals surface area contributed by atoms with Crippen LogP contribution in [0.25, 0.3) is 10.8 Å². The highest BCUT2D eigenvalue weighted by Gasteiger charge is 2.14. The van der Waals surface area contributed by atoms with Crippen LogP contribution in [-0.2, 0) is 6.54 Å². The average Bonchev–Trinajstić information content (AvgIpc) is 2.61. The number of methoxy groups -OCH3 is 2. The van der Waals surface area contributed by atoms with Gasteiger partial charge in [0, 0.05) is 18.8 Å². The molecule has 1 aromatic heterocycles. The number of ether oxygens (including phenoxy) is 2. The van der Waals surface area contributed by atoms with Crippen molar-refractivity contribution in [2.75, 3.05) is 20.8 Å². The van der Waals surface area contributed by atoms with E-state index in [4.69, 9.17) is 9.47 Å². The molecular formula is C18H24N2O3. The van der Waals surface area contributed by atoms with Crippen molar-refractivity contribution in [2.45, 2.75) is 38.3 Å². The molecule has 1 fully saturated rings. The maximum Gasteiger partial charge on any atom is 0.258 e. The molecule has 0 bridgehead atoms. The first-order valence-electron chi connectivity index (χ1n) is 8.21. The minimum absolute atomic E-state index is 0.0271. The van der Waals surface area contributed by atoms with E-state index >= 15 is 0 Å². The third-order valence-corrected chi connectivity index (χ3v) is 4.61. The first-order valence-corrected chi connectivity index (χ1v) is 8.21. The fraction of sp³-hybridized carbons (Fsp3) is 0.500. The van der Waals surface area contributed by atoms with Gasteiger partial charge in [0.1, 0.15) is 0 Å². The molecule has 1 N–H and O–H groups in total. The van der Waals surface area contributed by atoms with Crippen LogP contribution in [0, 0.1) is 0 Å². The number of pyridine rings is 1. The van der Waals surface area contributed by atoms with Gasteiger partial charge in [-0.2, -0.15) is 0 Å². The molecule has 0 spiro atoms. The number of nitrogens with one attached hydrogen (secondary N) is 1. The second-order valence-corrected chi connectivity index (χ2v) is 6.04. The molecule has 0 saturated carbocycles. The number of rotatable bonds is 5. The summed E-state index contributed by atoms with van der Waals surface area (Å²) in [4.78, 5) is 12.7. The molecule has 0 amide bonds. The fourth-order valence-electron chi connectivity index (χ4n) is 3.25. The third-order valence-electron chi connectivity index (χ3n) is 4.61. The predicted molar refractivity (Wildman–Crippen MR) is 91.6 cm³/mol. The van der Waals surface area contributed by atoms with Crippen molar-refractivity contribution in [3.63, 3.8) is 0 Å². The molecule has 3 rings (SSSR count). The normalized spacial score (nSPS) is 18.1. The van der Waals surface area contributed by atoms with Gasteiger partial charge in [0.05, 0.1) is 19.6 Å². The molecule has 124 valence electrons. The molecule has 1 saturated heterocycles. The van der Waals surface area contributed by atoms with E-state index in [0.717, 1.165) is 24.9 Å². The zero-order valence-corrected chi connectivity index (χ0v) is 13.8. The second-order valence-electron chi connectivity index (χ2n) is 6.04. The highest BCUT2D eigenvalue weighted by molar-refractivity contribution is 5.85. The fourth-order valence-corrected chi connectivity index (χ4v) is 3.25. The lowest BCUT2D eigenvalue weighted by Gasteiger charge is -2.23. The molecule has 5 heteroatoms. The number of piperidine rings is 1. The van der Waals surface area contributed by atoms with Crippen molar-refractivity contribution in [1.29, 1.82) is 0 Å². The zero-order valence-electron chi connectivity index (χ0n) is 13.8. The first-order chi connectivity index (χ1) is 11.2. The summed E-state index contributed by atoms with van der Waals surface area (Å²) in [5, 5.41) is 5.07. The van der Waals surface area contributed by atoms with E-state index in [1.165, 1.54) is 19.3 Å². The monoisotopic (exact) mass is 316 g/mol. The Bertz CT molecular complexity index is 733. The van der Waals surface area contributed by atoms with Crippen LogP contribution in [0.5, 0.6) is 11.5 Å². The minimum Gasteiger partial charge on any atom is -0.493 e. The summed E-state index contributed by atoms with van der Waals surface area (Å²) in [5.74, 6) is 1.23. The summed E-state index contributed by atoms with van der Waals surface area (Å²) in [6.45, 7) is 1.83. The Kier molecular flexibility index (Phi) is 4.86. The van der Waals surface area contributed by atoms with E-state index in [9.17, 15) is 4.79 Å². The molecule has 1 aliphatic heterocycles. The van der Waals surface area contributed by atoms with E-state index in [0.29, 0.717) is 22.9 Å². The minimum atomic E-state index is 0.0271. The van der Waals surface area contributed by atoms with Crippen LogP contribution >= 0.6 is 0 Å². The topological polar surface area (TPSA) is 52.5 Å². The van der Waals surface area contributed by atoms with Crippen molar-refractivity contribution in [2.24, 2.45) is 0 Å². The van der Waals surface area contributed by atoms with Crippen molar-refractivity contribution in [1.82, 2.24) is 9.88 Å². The van der Waals surface area contributed by atoms with Crippen LogP contribution in [0.15, 0.2) is 29.2 Å². The zero-order chi connectivity index (χ0) is 16.2. The van der Waals surface area contributed by atoms with Crippen molar-refractivity contribution in [3.05, 3.63) is 34.7 Å². The van der Waals surface area contributed by atoms with Gasteiger partial charge in [0.2, 0.25) is 0 Å². The number of fused-ring (bicyclic) bond motifs is 1. The smallest absolute Gasteiger partial charge is 0.258 e. The van der Waals surface area contributed by atoms with Crippen molar-refractivity contribution < 1.29 is 9.47 Å². The molecule has 1 unspecified atom stereocenters. The lowest BCUT2D eigenvalue weighted by Crippen LogP contribution is -2.35. The van der Waals surface area contributed by atoms with Gasteiger partial charge in [-0.25, -0.2) is 0 Å². The average molecular weight is 316 g/mol. The second kappa shape index (κ2) is 7.04. The number of aromatic nitrogens is 1. The van der Waals surface area contributed by atoms with Crippen LogP contribution in [0.1, 0.15) is 25.7 Å². The molecule has 23 heavy (non-hydrogen) atoms. The molecular weight excluding hydrogens is 292 g/mol. The molecule has 2 heterocycles. The lowest BCUT2D eigenvalue weighted by atomic mass is 10.0. The Morgan fingerprint density at radius 1 is 1.22 bits per heavy atom. The Labute approximate surface area is 136 Å². The van der Waals surface area contributed by atoms with Gasteiger partial charge in [0.25, 0.3) is 5.56 Å². The highest BCUT2D eigenvalue weighted by atomic mass is 16.5. The van der Waals surface area contributed by atoms with E-state index in [1.54, 1.807) is 24.9 Å². The molecule has 2 aromatic rings. The van der Waals surface area contributed by atoms with Crippen molar-refractivity contribution in [3.8, 4) is 11.5 Å². The maximum absolute atomic E-state index is 12.7. The number of benzene rings is 1. The molecule has 1 aromatic carbocycles. The van der Waals surface area contributed by atoms with Crippen LogP contribution in [0.3, 0.4) is 0 Å². The summed E-state index contributed by atoms with van der Waals surface area (Å²) in [5.41, 5.74) is 0.0271. The molecule has 0 aliphatic carbocycles. The molecule has 5 nitrogen and oxygen atoms in total. The lowest BCUT2D eigenvalue weighted by molar-refractivity contribution is 0.355. The highest BCUT2D eigenvalue weighted by Crippen LogP contribution is 2.30. The SMILES string of the molecule is COc1cc2ccn(CCC3CCCCN3)c(=O)c2cc1OC. The summed E-state index contributed by atoms with van der Waals surface area (Å²) in [6.07, 6.45) is 6.60. The summed E-state index contributed by atoms with van der Waals surface area (Å²) < 4.78 is 12.4. The standard InChI is InChI=1S/C18H24N2O3/c1-22-16-11-13-6-9-20(10-7-14-5-3-4-8-19-14)18(21)15(13)12-17(16)23-2/h6,9,11-12,14,19H,3-5,7-8,10H2,1-2H3. The van der Waals surface area contributed by atoms with Gasteiger partial charge < -0.3 is 19.4 Å². The summed E-state index contributed by atoms with van der Waals surface area (Å²) in [6, 6.07) is 6.11. The Morgan fingerprint density at radius 2 is 2.00 bits per heavy atom. The molecule has 1 aliphatic rings. The number of hydrogen-bond acceptors (Lipinski definition) is 4. The Balaban J connectivity index is 1.87. The Morgan fingerprint density at radius 3 is 2.70 bits per heavy atom. The van der Waals surface area contributed by atoms with Crippen LogP contribution in [0.2, 0.25) is 0 Å². The van der Waals surface area contributed by atoms with E-state index in [2.05, 4.69) is 5.32 Å². The Hall–Kier alpha value is -2.01. The quantitative estimate of drug-likeness (QED) is 0.921. The molecule has 0 radical (unpaired) electrons. The number of aryl methyl sites for hydroxylation is 1.